The molecule has 1 atom stereocenters. The molecule has 1 fully saturated rings. The van der Waals surface area contributed by atoms with E-state index in [1.165, 1.54) is 0 Å². The minimum Gasteiger partial charge on any atom is -0.444 e. The number of hydrogen-bond donors (Lipinski definition) is 0. The van der Waals surface area contributed by atoms with Gasteiger partial charge in [-0.15, -0.1) is 0 Å². The Morgan fingerprint density at radius 2 is 1.38 bits per heavy atom. The zero-order valence-corrected chi connectivity index (χ0v) is 14.2. The molecule has 0 aromatic rings. The predicted molar refractivity (Wildman–Crippen MR) is 80.2 cm³/mol. The normalized spacial score (nSPS) is 20.2. The second kappa shape index (κ2) is 6.12. The Balaban J connectivity index is 2.58. The maximum Gasteiger partial charge on any atom is 0.410 e. The summed E-state index contributed by atoms with van der Waals surface area (Å²) in [5.41, 5.74) is -1.03. The number of carbonyl (C=O) groups is 2. The van der Waals surface area contributed by atoms with Gasteiger partial charge in [-0.05, 0) is 48.5 Å². The Morgan fingerprint density at radius 3 is 1.81 bits per heavy atom. The lowest BCUT2D eigenvalue weighted by atomic mass is 10.2. The van der Waals surface area contributed by atoms with Gasteiger partial charge < -0.3 is 19.3 Å². The molecule has 0 bridgehead atoms. The Hall–Kier alpha value is -1.46. The van der Waals surface area contributed by atoms with Crippen LogP contribution in [0.2, 0.25) is 0 Å². The summed E-state index contributed by atoms with van der Waals surface area (Å²) < 4.78 is 10.7. The summed E-state index contributed by atoms with van der Waals surface area (Å²) in [6.07, 6.45) is -0.669. The van der Waals surface area contributed by atoms with Crippen LogP contribution in [0.1, 0.15) is 48.5 Å². The molecule has 21 heavy (non-hydrogen) atoms. The van der Waals surface area contributed by atoms with E-state index in [-0.39, 0.29) is 18.2 Å². The molecule has 0 N–H and O–H groups in total. The molecule has 0 aliphatic carbocycles. The number of hydrogen-bond acceptors (Lipinski definition) is 4. The third kappa shape index (κ3) is 5.81. The summed E-state index contributed by atoms with van der Waals surface area (Å²) >= 11 is 0. The summed E-state index contributed by atoms with van der Waals surface area (Å²) in [5.74, 6) is 0. The van der Waals surface area contributed by atoms with Gasteiger partial charge in [0.05, 0.1) is 6.04 Å². The zero-order chi connectivity index (χ0) is 16.4. The second-order valence-electron chi connectivity index (χ2n) is 7.45. The van der Waals surface area contributed by atoms with Gasteiger partial charge in [0, 0.05) is 19.6 Å². The molecule has 0 aromatic heterocycles. The molecule has 1 aliphatic rings. The van der Waals surface area contributed by atoms with E-state index in [1.807, 2.05) is 48.5 Å². The Morgan fingerprint density at radius 1 is 0.905 bits per heavy atom. The lowest BCUT2D eigenvalue weighted by Crippen LogP contribution is -2.56. The first-order valence-corrected chi connectivity index (χ1v) is 7.36. The van der Waals surface area contributed by atoms with Crippen LogP contribution >= 0.6 is 0 Å². The van der Waals surface area contributed by atoms with Crippen molar-refractivity contribution >= 4 is 12.2 Å². The molecule has 1 unspecified atom stereocenters. The van der Waals surface area contributed by atoms with Crippen molar-refractivity contribution in [2.45, 2.75) is 65.7 Å². The van der Waals surface area contributed by atoms with Crippen molar-refractivity contribution in [1.82, 2.24) is 9.80 Å². The highest BCUT2D eigenvalue weighted by Crippen LogP contribution is 2.17. The Kier molecular flexibility index (Phi) is 5.12. The average molecular weight is 300 g/mol. The van der Waals surface area contributed by atoms with Crippen LogP contribution in [0.4, 0.5) is 9.59 Å². The Labute approximate surface area is 127 Å². The molecule has 0 spiro atoms. The van der Waals surface area contributed by atoms with Crippen LogP contribution in [0, 0.1) is 0 Å². The van der Waals surface area contributed by atoms with Crippen LogP contribution in [0.15, 0.2) is 0 Å². The van der Waals surface area contributed by atoms with Crippen LogP contribution in [-0.4, -0.2) is 58.9 Å². The van der Waals surface area contributed by atoms with Crippen molar-refractivity contribution < 1.29 is 19.1 Å². The molecule has 122 valence electrons. The molecule has 6 nitrogen and oxygen atoms in total. The third-order valence-electron chi connectivity index (χ3n) is 2.91. The SMILES string of the molecule is CC1CN(C(=O)OC(C)(C)C)CCN1C(=O)OC(C)(C)C. The fourth-order valence-corrected chi connectivity index (χ4v) is 2.04. The van der Waals surface area contributed by atoms with E-state index in [1.54, 1.807) is 9.80 Å². The van der Waals surface area contributed by atoms with E-state index in [9.17, 15) is 9.59 Å². The Bertz CT molecular complexity index is 395. The van der Waals surface area contributed by atoms with E-state index in [4.69, 9.17) is 9.47 Å². The molecule has 0 radical (unpaired) electrons. The number of rotatable bonds is 0. The lowest BCUT2D eigenvalue weighted by Gasteiger charge is -2.40. The fourth-order valence-electron chi connectivity index (χ4n) is 2.04. The first kappa shape index (κ1) is 17.6. The van der Waals surface area contributed by atoms with Crippen molar-refractivity contribution in [3.8, 4) is 0 Å². The molecule has 1 saturated heterocycles. The van der Waals surface area contributed by atoms with Gasteiger partial charge >= 0.3 is 12.2 Å². The second-order valence-corrected chi connectivity index (χ2v) is 7.45. The zero-order valence-electron chi connectivity index (χ0n) is 14.2. The van der Waals surface area contributed by atoms with Crippen LogP contribution in [0.25, 0.3) is 0 Å². The van der Waals surface area contributed by atoms with Crippen molar-refractivity contribution in [3.63, 3.8) is 0 Å². The molecule has 2 amide bonds. The number of nitrogens with zero attached hydrogens (tertiary/aromatic N) is 2. The topological polar surface area (TPSA) is 59.1 Å². The largest absolute Gasteiger partial charge is 0.444 e. The highest BCUT2D eigenvalue weighted by atomic mass is 16.6. The van der Waals surface area contributed by atoms with E-state index in [2.05, 4.69) is 0 Å². The molecule has 6 heteroatoms. The quantitative estimate of drug-likeness (QED) is 0.690. The van der Waals surface area contributed by atoms with Crippen LogP contribution in [0.5, 0.6) is 0 Å². The smallest absolute Gasteiger partial charge is 0.410 e. The summed E-state index contributed by atoms with van der Waals surface area (Å²) in [6, 6.07) is -0.0962. The van der Waals surface area contributed by atoms with Gasteiger partial charge in [0.2, 0.25) is 0 Å². The van der Waals surface area contributed by atoms with Gasteiger partial charge in [-0.2, -0.15) is 0 Å². The van der Waals surface area contributed by atoms with Crippen LogP contribution < -0.4 is 0 Å². The average Bonchev–Trinajstić information content (AvgIpc) is 2.23. The molecular weight excluding hydrogens is 272 g/mol. The molecule has 1 rings (SSSR count). The molecule has 0 aromatic carbocycles. The summed E-state index contributed by atoms with van der Waals surface area (Å²) in [6.45, 7) is 14.3. The van der Waals surface area contributed by atoms with Crippen molar-refractivity contribution in [2.24, 2.45) is 0 Å². The van der Waals surface area contributed by atoms with E-state index < -0.39 is 11.2 Å². The van der Waals surface area contributed by atoms with E-state index >= 15 is 0 Å². The standard InChI is InChI=1S/C15H28N2O4/c1-11-10-16(12(18)20-14(2,3)4)8-9-17(11)13(19)21-15(5,6)7/h11H,8-10H2,1-7H3. The van der Waals surface area contributed by atoms with Crippen molar-refractivity contribution in [1.29, 1.82) is 0 Å². The fraction of sp³-hybridized carbons (Fsp3) is 0.867. The summed E-state index contributed by atoms with van der Waals surface area (Å²) in [4.78, 5) is 27.4. The lowest BCUT2D eigenvalue weighted by molar-refractivity contribution is -0.0122. The molecule has 1 aliphatic heterocycles. The van der Waals surface area contributed by atoms with Gasteiger partial charge in [0.15, 0.2) is 0 Å². The van der Waals surface area contributed by atoms with Gasteiger partial charge in [-0.25, -0.2) is 9.59 Å². The molecule has 0 saturated carbocycles. The highest BCUT2D eigenvalue weighted by molar-refractivity contribution is 5.71. The first-order chi connectivity index (χ1) is 9.39. The minimum atomic E-state index is -0.515. The summed E-state index contributed by atoms with van der Waals surface area (Å²) in [7, 11) is 0. The van der Waals surface area contributed by atoms with E-state index in [0.717, 1.165) is 0 Å². The van der Waals surface area contributed by atoms with Gasteiger partial charge in [0.1, 0.15) is 11.2 Å². The predicted octanol–water partition coefficient (Wildman–Crippen LogP) is 2.86. The van der Waals surface area contributed by atoms with Crippen LogP contribution in [0.3, 0.4) is 0 Å². The molecular formula is C15H28N2O4. The van der Waals surface area contributed by atoms with Gasteiger partial charge in [-0.3, -0.25) is 0 Å². The number of carbonyl (C=O) groups excluding carboxylic acids is 2. The maximum atomic E-state index is 12.1. The monoisotopic (exact) mass is 300 g/mol. The van der Waals surface area contributed by atoms with Gasteiger partial charge in [0.25, 0.3) is 0 Å². The number of piperazine rings is 1. The molecule has 1 heterocycles. The summed E-state index contributed by atoms with van der Waals surface area (Å²) in [5, 5.41) is 0. The van der Waals surface area contributed by atoms with Gasteiger partial charge in [-0.1, -0.05) is 0 Å². The van der Waals surface area contributed by atoms with E-state index in [0.29, 0.717) is 19.6 Å². The first-order valence-electron chi connectivity index (χ1n) is 7.36. The maximum absolute atomic E-state index is 12.1. The minimum absolute atomic E-state index is 0.0962. The number of ether oxygens (including phenoxy) is 2. The highest BCUT2D eigenvalue weighted by Gasteiger charge is 2.34. The third-order valence-corrected chi connectivity index (χ3v) is 2.91. The number of amides is 2. The van der Waals surface area contributed by atoms with Crippen molar-refractivity contribution in [2.75, 3.05) is 19.6 Å². The van der Waals surface area contributed by atoms with Crippen molar-refractivity contribution in [3.05, 3.63) is 0 Å². The van der Waals surface area contributed by atoms with Crippen LogP contribution in [-0.2, 0) is 9.47 Å².